The lowest BCUT2D eigenvalue weighted by Gasteiger charge is -2.48. The maximum Gasteiger partial charge on any atom is 0.293 e. The Morgan fingerprint density at radius 2 is 1.80 bits per heavy atom. The maximum absolute atomic E-state index is 15.2. The fourth-order valence-electron chi connectivity index (χ4n) is 10.6. The van der Waals surface area contributed by atoms with Gasteiger partial charge in [-0.25, -0.2) is 22.5 Å². The third-order valence-corrected chi connectivity index (χ3v) is 16.2. The average molecular weight is 854 g/mol. The van der Waals surface area contributed by atoms with E-state index in [-0.39, 0.29) is 49.6 Å². The summed E-state index contributed by atoms with van der Waals surface area (Å²) in [5, 5.41) is 15.6. The maximum atomic E-state index is 15.2. The molecule has 3 N–H and O–H groups in total. The predicted molar refractivity (Wildman–Crippen MR) is 228 cm³/mol. The highest BCUT2D eigenvalue weighted by Crippen LogP contribution is 2.90. The van der Waals surface area contributed by atoms with E-state index in [1.165, 1.54) is 63.6 Å². The van der Waals surface area contributed by atoms with E-state index in [0.717, 1.165) is 55.9 Å². The number of carbonyl (C=O) groups excluding carboxylic acids is 1. The Morgan fingerprint density at radius 1 is 1.03 bits per heavy atom. The number of nitrogens with one attached hydrogen (secondary N) is 3. The van der Waals surface area contributed by atoms with Crippen molar-refractivity contribution < 1.29 is 32.0 Å². The van der Waals surface area contributed by atoms with Crippen LogP contribution in [-0.4, -0.2) is 92.3 Å². The molecule has 4 aromatic rings. The van der Waals surface area contributed by atoms with Crippen molar-refractivity contribution in [3.8, 4) is 11.5 Å². The number of pyridine rings is 1. The van der Waals surface area contributed by atoms with Crippen molar-refractivity contribution in [1.82, 2.24) is 19.6 Å². The van der Waals surface area contributed by atoms with Gasteiger partial charge in [-0.3, -0.25) is 19.8 Å². The van der Waals surface area contributed by atoms with Crippen molar-refractivity contribution in [1.29, 1.82) is 0 Å². The van der Waals surface area contributed by atoms with Crippen LogP contribution >= 0.6 is 0 Å². The Labute approximate surface area is 354 Å². The van der Waals surface area contributed by atoms with Gasteiger partial charge in [0.25, 0.3) is 21.6 Å². The van der Waals surface area contributed by atoms with Crippen LogP contribution in [0.2, 0.25) is 0 Å². The first-order valence-corrected chi connectivity index (χ1v) is 23.0. The van der Waals surface area contributed by atoms with E-state index in [4.69, 9.17) is 9.47 Å². The molecule has 2 aromatic heterocycles. The number of fused-ring (bicyclic) bond motifs is 2. The number of nitro groups is 1. The van der Waals surface area contributed by atoms with E-state index in [2.05, 4.69) is 36.7 Å². The van der Waals surface area contributed by atoms with Gasteiger partial charge in [0, 0.05) is 94.7 Å². The van der Waals surface area contributed by atoms with Crippen LogP contribution in [0.5, 0.6) is 11.5 Å². The summed E-state index contributed by atoms with van der Waals surface area (Å²) in [5.74, 6) is -0.503. The third-order valence-electron chi connectivity index (χ3n) is 14.9. The normalized spacial score (nSPS) is 25.4. The largest absolute Gasteiger partial charge is 0.455 e. The molecule has 2 aliphatic heterocycles. The monoisotopic (exact) mass is 853 g/mol. The summed E-state index contributed by atoms with van der Waals surface area (Å²) in [6.07, 6.45) is 14.3. The van der Waals surface area contributed by atoms with E-state index in [9.17, 15) is 23.3 Å². The SMILES string of the molecule is CC12CC1(C1=C(CN3CCN(c4ccc(C(=O)NS(=O)(=O)c5ccc(NCC6(F)CCOCC6)c([N+](=O)[O-])c5)c(Oc5cnc6[nH]ccc6c5)c4)CC3)CCC3(CCC3)C1)C2. The lowest BCUT2D eigenvalue weighted by molar-refractivity contribution is -0.384. The van der Waals surface area contributed by atoms with E-state index in [1.54, 1.807) is 36.0 Å². The Kier molecular flexibility index (Phi) is 9.71. The van der Waals surface area contributed by atoms with Gasteiger partial charge in [-0.2, -0.15) is 0 Å². The van der Waals surface area contributed by atoms with Gasteiger partial charge in [0.2, 0.25) is 0 Å². The number of hydrogen-bond donors (Lipinski definition) is 3. The summed E-state index contributed by atoms with van der Waals surface area (Å²) in [4.78, 5) is 37.0. The minimum Gasteiger partial charge on any atom is -0.455 e. The van der Waals surface area contributed by atoms with Crippen LogP contribution in [0, 0.1) is 26.4 Å². The molecular weight excluding hydrogens is 802 g/mol. The number of rotatable bonds is 13. The summed E-state index contributed by atoms with van der Waals surface area (Å²) in [5.41, 5.74) is 4.35. The molecule has 322 valence electrons. The number of nitro benzene ring substituents is 1. The van der Waals surface area contributed by atoms with E-state index < -0.39 is 37.1 Å². The zero-order valence-corrected chi connectivity index (χ0v) is 35.3. The summed E-state index contributed by atoms with van der Waals surface area (Å²) < 4.78 is 56.2. The molecule has 61 heavy (non-hydrogen) atoms. The van der Waals surface area contributed by atoms with Gasteiger partial charge in [0.15, 0.2) is 0 Å². The molecule has 10 rings (SSSR count). The minimum absolute atomic E-state index is 0.0413. The van der Waals surface area contributed by atoms with Crippen molar-refractivity contribution in [2.24, 2.45) is 16.2 Å². The quantitative estimate of drug-likeness (QED) is 0.0679. The molecule has 0 atom stereocenters. The number of allylic oxidation sites excluding steroid dienone is 1. The fraction of sp³-hybridized carbons (Fsp3) is 0.511. The highest BCUT2D eigenvalue weighted by molar-refractivity contribution is 7.90. The number of aromatic amines is 1. The van der Waals surface area contributed by atoms with E-state index >= 15 is 4.39 Å². The van der Waals surface area contributed by atoms with Crippen molar-refractivity contribution >= 4 is 44.0 Å². The molecule has 0 radical (unpaired) electrons. The number of nitrogens with zero attached hydrogens (tertiary/aromatic N) is 4. The van der Waals surface area contributed by atoms with Crippen LogP contribution in [0.15, 0.2) is 77.0 Å². The predicted octanol–water partition coefficient (Wildman–Crippen LogP) is 7.89. The molecule has 0 unspecified atom stereocenters. The number of piperazine rings is 1. The summed E-state index contributed by atoms with van der Waals surface area (Å²) in [6, 6.07) is 11.9. The van der Waals surface area contributed by atoms with Crippen LogP contribution in [0.4, 0.5) is 21.5 Å². The lowest BCUT2D eigenvalue weighted by atomic mass is 9.58. The van der Waals surface area contributed by atoms with Gasteiger partial charge in [-0.05, 0) is 97.6 Å². The van der Waals surface area contributed by atoms with Crippen LogP contribution in [0.1, 0.15) is 81.5 Å². The van der Waals surface area contributed by atoms with Gasteiger partial charge in [-0.1, -0.05) is 24.5 Å². The molecule has 1 amide bonds. The molecule has 3 saturated carbocycles. The van der Waals surface area contributed by atoms with Gasteiger partial charge in [0.05, 0.1) is 21.6 Å². The zero-order valence-electron chi connectivity index (χ0n) is 34.4. The Balaban J connectivity index is 0.862. The van der Waals surface area contributed by atoms with E-state index in [0.29, 0.717) is 27.6 Å². The average Bonchev–Trinajstić information content (AvgIpc) is 3.91. The van der Waals surface area contributed by atoms with Crippen LogP contribution in [0.3, 0.4) is 0 Å². The van der Waals surface area contributed by atoms with Crippen LogP contribution in [0.25, 0.3) is 11.0 Å². The minimum atomic E-state index is -4.62. The van der Waals surface area contributed by atoms with E-state index in [1.807, 2.05) is 11.6 Å². The van der Waals surface area contributed by atoms with Crippen LogP contribution in [-0.2, 0) is 14.8 Å². The second-order valence-electron chi connectivity index (χ2n) is 18.7. The molecule has 5 fully saturated rings. The van der Waals surface area contributed by atoms with Gasteiger partial charge >= 0.3 is 0 Å². The summed E-state index contributed by atoms with van der Waals surface area (Å²) in [7, 11) is -4.62. The lowest BCUT2D eigenvalue weighted by Crippen LogP contribution is -2.47. The first-order chi connectivity index (χ1) is 29.2. The number of carbonyl (C=O) groups is 1. The Hall–Kier alpha value is -5.06. The topological polar surface area (TPSA) is 172 Å². The number of halogens is 1. The first kappa shape index (κ1) is 40.0. The number of ether oxygens (including phenoxy) is 2. The Bertz CT molecular complexity index is 2550. The smallest absolute Gasteiger partial charge is 0.293 e. The number of H-pyrrole nitrogens is 1. The number of hydrogen-bond acceptors (Lipinski definition) is 11. The first-order valence-electron chi connectivity index (χ1n) is 21.6. The molecule has 4 aliphatic carbocycles. The molecule has 6 aliphatic rings. The molecule has 0 bridgehead atoms. The number of amides is 1. The number of aromatic nitrogens is 2. The number of sulfonamides is 1. The van der Waals surface area contributed by atoms with Crippen molar-refractivity contribution in [2.45, 2.75) is 81.7 Å². The van der Waals surface area contributed by atoms with Gasteiger partial charge < -0.3 is 24.7 Å². The second-order valence-corrected chi connectivity index (χ2v) is 20.4. The second kappa shape index (κ2) is 14.8. The fourth-order valence-corrected chi connectivity index (χ4v) is 11.6. The summed E-state index contributed by atoms with van der Waals surface area (Å²) in [6.45, 7) is 7.11. The number of alkyl halides is 1. The number of benzene rings is 2. The highest BCUT2D eigenvalue weighted by atomic mass is 32.2. The van der Waals surface area contributed by atoms with Gasteiger partial charge in [-0.15, -0.1) is 0 Å². The molecule has 4 heterocycles. The van der Waals surface area contributed by atoms with Crippen molar-refractivity contribution in [3.05, 3.63) is 87.7 Å². The molecule has 1 spiro atoms. The molecule has 2 saturated heterocycles. The molecule has 16 heteroatoms. The Morgan fingerprint density at radius 3 is 2.51 bits per heavy atom. The van der Waals surface area contributed by atoms with Crippen molar-refractivity contribution in [3.63, 3.8) is 0 Å². The zero-order chi connectivity index (χ0) is 42.2. The highest BCUT2D eigenvalue weighted by Gasteiger charge is 2.81. The van der Waals surface area contributed by atoms with Crippen molar-refractivity contribution in [2.75, 3.05) is 62.7 Å². The molecular formula is C45H52FN7O7S. The number of anilines is 2. The summed E-state index contributed by atoms with van der Waals surface area (Å²) >= 11 is 0. The molecule has 2 aromatic carbocycles. The van der Waals surface area contributed by atoms with Gasteiger partial charge in [0.1, 0.15) is 28.5 Å². The standard InChI is InChI=1S/C45H52FN7O7S/c1-42-27-45(42,28-42)36-24-43(9-2-10-43)11-7-31(36)26-51-15-17-52(18-16-51)32-3-5-35(39(22-32)60-33-21-30-8-14-47-40(30)48-25-33)41(54)50-61(57,58)34-4-6-37(38(23-34)53(55)56)49-29-44(46)12-19-59-20-13-44/h3-6,8,14,21-23,25,49H,2,7,9-13,15-20,24,26-29H2,1H3,(H,47,48)(H,50,54). The molecule has 14 nitrogen and oxygen atoms in total. The third kappa shape index (κ3) is 7.54. The van der Waals surface area contributed by atoms with Crippen LogP contribution < -0.4 is 19.7 Å².